The van der Waals surface area contributed by atoms with Gasteiger partial charge in [0.25, 0.3) is 5.91 Å². The number of hydrogen-bond acceptors (Lipinski definition) is 4. The van der Waals surface area contributed by atoms with Crippen molar-refractivity contribution in [2.45, 2.75) is 13.1 Å². The molecule has 1 aromatic carbocycles. The topological polar surface area (TPSA) is 64.4 Å². The fraction of sp³-hybridized carbons (Fsp3) is 0.312. The maximum atomic E-state index is 13.6. The summed E-state index contributed by atoms with van der Waals surface area (Å²) in [5.74, 6) is -1.72. The summed E-state index contributed by atoms with van der Waals surface area (Å²) in [6.07, 6.45) is -4.02. The number of aromatic nitrogens is 2. The highest BCUT2D eigenvalue weighted by atomic mass is 35.5. The van der Waals surface area contributed by atoms with Crippen LogP contribution in [0.3, 0.4) is 0 Å². The van der Waals surface area contributed by atoms with Gasteiger partial charge in [0, 0.05) is 12.1 Å². The Hall–Kier alpha value is -2.55. The number of rotatable bonds is 5. The molecule has 0 bridgehead atoms. The summed E-state index contributed by atoms with van der Waals surface area (Å²) in [6.45, 7) is 1.21. The largest absolute Gasteiger partial charge is 0.465 e. The summed E-state index contributed by atoms with van der Waals surface area (Å²) < 4.78 is 46.0. The number of alkyl halides is 3. The Labute approximate surface area is 152 Å². The van der Waals surface area contributed by atoms with E-state index < -0.39 is 35.9 Å². The molecule has 140 valence electrons. The van der Waals surface area contributed by atoms with Crippen molar-refractivity contribution in [3.8, 4) is 5.69 Å². The van der Waals surface area contributed by atoms with E-state index in [1.807, 2.05) is 0 Å². The van der Waals surface area contributed by atoms with E-state index in [2.05, 4.69) is 5.10 Å². The summed E-state index contributed by atoms with van der Waals surface area (Å²) in [4.78, 5) is 24.7. The van der Waals surface area contributed by atoms with Gasteiger partial charge in [-0.25, -0.2) is 4.68 Å². The van der Waals surface area contributed by atoms with Crippen LogP contribution in [0, 0.1) is 0 Å². The van der Waals surface area contributed by atoms with Crippen molar-refractivity contribution < 1.29 is 27.5 Å². The zero-order chi connectivity index (χ0) is 19.5. The van der Waals surface area contributed by atoms with Crippen LogP contribution in [-0.2, 0) is 15.7 Å². The first kappa shape index (κ1) is 19.8. The molecule has 0 aliphatic rings. The average molecular weight is 390 g/mol. The molecule has 0 N–H and O–H groups in total. The molecule has 0 spiro atoms. The standard InChI is InChI=1S/C16H15ClF3N3O3/c1-3-26-13(24)9-22(2)15(25)12-8-21-23(14(12)16(18,19)20)11-6-4-10(17)5-7-11/h4-8H,3,9H2,1-2H3. The Balaban J connectivity index is 2.42. The highest BCUT2D eigenvalue weighted by Gasteiger charge is 2.41. The number of benzene rings is 1. The second-order valence-corrected chi connectivity index (χ2v) is 5.70. The first-order valence-electron chi connectivity index (χ1n) is 7.47. The fourth-order valence-electron chi connectivity index (χ4n) is 2.23. The van der Waals surface area contributed by atoms with E-state index in [9.17, 15) is 22.8 Å². The first-order valence-corrected chi connectivity index (χ1v) is 7.85. The molecule has 0 atom stereocenters. The lowest BCUT2D eigenvalue weighted by atomic mass is 10.2. The third kappa shape index (κ3) is 4.34. The monoisotopic (exact) mass is 389 g/mol. The highest BCUT2D eigenvalue weighted by Crippen LogP contribution is 2.34. The Morgan fingerprint density at radius 2 is 1.88 bits per heavy atom. The molecule has 2 rings (SSSR count). The molecule has 6 nitrogen and oxygen atoms in total. The Morgan fingerprint density at radius 3 is 2.42 bits per heavy atom. The molecule has 0 fully saturated rings. The molecule has 2 aromatic rings. The van der Waals surface area contributed by atoms with Crippen LogP contribution in [0.4, 0.5) is 13.2 Å². The van der Waals surface area contributed by atoms with Gasteiger partial charge in [0.2, 0.25) is 0 Å². The molecule has 0 saturated carbocycles. The van der Waals surface area contributed by atoms with Crippen LogP contribution in [0.15, 0.2) is 30.5 Å². The molecule has 0 unspecified atom stereocenters. The molecule has 0 saturated heterocycles. The second kappa shape index (κ2) is 7.77. The second-order valence-electron chi connectivity index (χ2n) is 5.26. The molecular formula is C16H15ClF3N3O3. The third-order valence-electron chi connectivity index (χ3n) is 3.36. The van der Waals surface area contributed by atoms with Crippen LogP contribution in [0.25, 0.3) is 5.69 Å². The highest BCUT2D eigenvalue weighted by molar-refractivity contribution is 6.30. The van der Waals surface area contributed by atoms with E-state index in [0.29, 0.717) is 9.70 Å². The van der Waals surface area contributed by atoms with Crippen LogP contribution >= 0.6 is 11.6 Å². The number of hydrogen-bond donors (Lipinski definition) is 0. The van der Waals surface area contributed by atoms with E-state index in [1.54, 1.807) is 6.92 Å². The average Bonchev–Trinajstić information content (AvgIpc) is 3.00. The molecular weight excluding hydrogens is 375 g/mol. The summed E-state index contributed by atoms with van der Waals surface area (Å²) in [6, 6.07) is 5.52. The predicted molar refractivity (Wildman–Crippen MR) is 87.2 cm³/mol. The molecule has 0 aliphatic carbocycles. The Bertz CT molecular complexity index is 803. The lowest BCUT2D eigenvalue weighted by molar-refractivity contribution is -0.143. The van der Waals surface area contributed by atoms with E-state index in [1.165, 1.54) is 31.3 Å². The number of carbonyl (C=O) groups is 2. The maximum absolute atomic E-state index is 13.6. The van der Waals surface area contributed by atoms with Crippen molar-refractivity contribution in [1.82, 2.24) is 14.7 Å². The lowest BCUT2D eigenvalue weighted by Gasteiger charge is -2.17. The van der Waals surface area contributed by atoms with E-state index in [-0.39, 0.29) is 12.3 Å². The zero-order valence-corrected chi connectivity index (χ0v) is 14.6. The van der Waals surface area contributed by atoms with Gasteiger partial charge in [-0.2, -0.15) is 18.3 Å². The molecule has 1 heterocycles. The predicted octanol–water partition coefficient (Wildman–Crippen LogP) is 3.18. The smallest absolute Gasteiger partial charge is 0.434 e. The van der Waals surface area contributed by atoms with Crippen molar-refractivity contribution in [1.29, 1.82) is 0 Å². The third-order valence-corrected chi connectivity index (χ3v) is 3.61. The number of nitrogens with zero attached hydrogens (tertiary/aromatic N) is 3. The minimum absolute atomic E-state index is 0.0915. The van der Waals surface area contributed by atoms with Crippen LogP contribution in [0.5, 0.6) is 0 Å². The number of esters is 1. The molecule has 10 heteroatoms. The van der Waals surface area contributed by atoms with Gasteiger partial charge >= 0.3 is 12.1 Å². The number of halogens is 4. The molecule has 0 radical (unpaired) electrons. The normalized spacial score (nSPS) is 11.3. The van der Waals surface area contributed by atoms with Gasteiger partial charge in [-0.1, -0.05) is 11.6 Å². The van der Waals surface area contributed by atoms with Gasteiger partial charge in [0.1, 0.15) is 6.54 Å². The summed E-state index contributed by atoms with van der Waals surface area (Å²) in [5.41, 5.74) is -1.81. The summed E-state index contributed by atoms with van der Waals surface area (Å²) >= 11 is 5.74. The summed E-state index contributed by atoms with van der Waals surface area (Å²) in [5, 5.41) is 4.04. The van der Waals surface area contributed by atoms with Crippen LogP contribution in [0.2, 0.25) is 5.02 Å². The minimum atomic E-state index is -4.84. The molecule has 1 aromatic heterocycles. The number of carbonyl (C=O) groups excluding carboxylic acids is 2. The summed E-state index contributed by atoms with van der Waals surface area (Å²) in [7, 11) is 1.21. The maximum Gasteiger partial charge on any atom is 0.434 e. The van der Waals surface area contributed by atoms with Gasteiger partial charge in [-0.3, -0.25) is 9.59 Å². The van der Waals surface area contributed by atoms with Gasteiger partial charge < -0.3 is 9.64 Å². The van der Waals surface area contributed by atoms with E-state index in [4.69, 9.17) is 16.3 Å². The van der Waals surface area contributed by atoms with Crippen LogP contribution in [-0.4, -0.2) is 46.8 Å². The van der Waals surface area contributed by atoms with Crippen LogP contribution < -0.4 is 0 Å². The Morgan fingerprint density at radius 1 is 1.27 bits per heavy atom. The first-order chi connectivity index (χ1) is 12.1. The van der Waals surface area contributed by atoms with E-state index >= 15 is 0 Å². The van der Waals surface area contributed by atoms with Gasteiger partial charge in [0.15, 0.2) is 5.69 Å². The molecule has 0 aliphatic heterocycles. The quantitative estimate of drug-likeness (QED) is 0.737. The van der Waals surface area contributed by atoms with E-state index in [0.717, 1.165) is 11.1 Å². The SMILES string of the molecule is CCOC(=O)CN(C)C(=O)c1cnn(-c2ccc(Cl)cc2)c1C(F)(F)F. The van der Waals surface area contributed by atoms with Crippen molar-refractivity contribution in [2.75, 3.05) is 20.2 Å². The number of ether oxygens (including phenoxy) is 1. The minimum Gasteiger partial charge on any atom is -0.465 e. The van der Waals surface area contributed by atoms with Crippen molar-refractivity contribution in [2.24, 2.45) is 0 Å². The van der Waals surface area contributed by atoms with Gasteiger partial charge in [-0.15, -0.1) is 0 Å². The van der Waals surface area contributed by atoms with Gasteiger partial charge in [0.05, 0.1) is 24.1 Å². The van der Waals surface area contributed by atoms with Gasteiger partial charge in [-0.05, 0) is 31.2 Å². The van der Waals surface area contributed by atoms with Crippen molar-refractivity contribution in [3.63, 3.8) is 0 Å². The van der Waals surface area contributed by atoms with Crippen LogP contribution in [0.1, 0.15) is 23.0 Å². The fourth-order valence-corrected chi connectivity index (χ4v) is 2.36. The molecule has 26 heavy (non-hydrogen) atoms. The Kier molecular flexibility index (Phi) is 5.91. The van der Waals surface area contributed by atoms with Crippen molar-refractivity contribution >= 4 is 23.5 Å². The number of likely N-dealkylation sites (N-methyl/N-ethyl adjacent to an activating group) is 1. The number of amides is 1. The lowest BCUT2D eigenvalue weighted by Crippen LogP contribution is -2.34. The zero-order valence-electron chi connectivity index (χ0n) is 13.9. The molecule has 1 amide bonds. The van der Waals surface area contributed by atoms with Crippen molar-refractivity contribution in [3.05, 3.63) is 46.7 Å².